The summed E-state index contributed by atoms with van der Waals surface area (Å²) in [5.41, 5.74) is -0.232. The molecule has 1 saturated carbocycles. The molecule has 0 aromatic heterocycles. The molecule has 1 fully saturated rings. The normalized spacial score (nSPS) is 20.1. The van der Waals surface area contributed by atoms with Gasteiger partial charge in [-0.25, -0.2) is 4.39 Å². The van der Waals surface area contributed by atoms with Gasteiger partial charge in [-0.05, 0) is 18.9 Å². The lowest BCUT2D eigenvalue weighted by molar-refractivity contribution is -0.139. The van der Waals surface area contributed by atoms with Crippen LogP contribution in [0.2, 0.25) is 0 Å². The van der Waals surface area contributed by atoms with Gasteiger partial charge in [-0.2, -0.15) is 5.26 Å². The van der Waals surface area contributed by atoms with Gasteiger partial charge in [0.2, 0.25) is 5.91 Å². The highest BCUT2D eigenvalue weighted by Gasteiger charge is 2.44. The molecule has 1 amide bonds. The van der Waals surface area contributed by atoms with E-state index in [0.717, 1.165) is 12.8 Å². The molecule has 2 aliphatic rings. The number of nitrogens with zero attached hydrogens (tertiary/aromatic N) is 2. The van der Waals surface area contributed by atoms with E-state index >= 15 is 0 Å². The van der Waals surface area contributed by atoms with Gasteiger partial charge < -0.3 is 9.64 Å². The Morgan fingerprint density at radius 3 is 2.86 bits per heavy atom. The van der Waals surface area contributed by atoms with Gasteiger partial charge >= 0.3 is 0 Å². The van der Waals surface area contributed by atoms with Gasteiger partial charge in [-0.3, -0.25) is 4.79 Å². The lowest BCUT2D eigenvalue weighted by atomic mass is 9.86. The number of amides is 1. The number of ether oxygens (including phenoxy) is 1. The number of fused-ring (bicyclic) bond motifs is 1. The molecule has 0 N–H and O–H groups in total. The molecule has 0 spiro atoms. The zero-order valence-electron chi connectivity index (χ0n) is 11.8. The SMILES string of the molecule is N#CC1(C(=O)N2CCOc3c(F)cccc3C2)CCCC1. The summed E-state index contributed by atoms with van der Waals surface area (Å²) < 4.78 is 19.2. The molecule has 0 bridgehead atoms. The third-order valence-corrected chi connectivity index (χ3v) is 4.39. The van der Waals surface area contributed by atoms with Gasteiger partial charge in [0, 0.05) is 12.1 Å². The number of carbonyl (C=O) groups excluding carboxylic acids is 1. The molecule has 1 aliphatic carbocycles. The zero-order valence-corrected chi connectivity index (χ0v) is 11.8. The quantitative estimate of drug-likeness (QED) is 0.798. The van der Waals surface area contributed by atoms with Crippen molar-refractivity contribution in [2.24, 2.45) is 5.41 Å². The maximum absolute atomic E-state index is 13.7. The standard InChI is InChI=1S/C16H17FN2O2/c17-13-5-3-4-12-10-19(8-9-21-14(12)13)15(20)16(11-18)6-1-2-7-16/h3-5H,1-2,6-10H2. The van der Waals surface area contributed by atoms with E-state index in [1.807, 2.05) is 0 Å². The van der Waals surface area contributed by atoms with Crippen LogP contribution in [0.5, 0.6) is 5.75 Å². The summed E-state index contributed by atoms with van der Waals surface area (Å²) >= 11 is 0. The lowest BCUT2D eigenvalue weighted by Gasteiger charge is -2.28. The van der Waals surface area contributed by atoms with E-state index < -0.39 is 11.2 Å². The molecule has 21 heavy (non-hydrogen) atoms. The average molecular weight is 288 g/mol. The van der Waals surface area contributed by atoms with Gasteiger partial charge in [-0.15, -0.1) is 0 Å². The number of nitriles is 1. The molecular weight excluding hydrogens is 271 g/mol. The van der Waals surface area contributed by atoms with Crippen molar-refractivity contribution in [3.8, 4) is 11.8 Å². The van der Waals surface area contributed by atoms with Crippen molar-refractivity contribution in [3.05, 3.63) is 29.6 Å². The largest absolute Gasteiger partial charge is 0.488 e. The first-order chi connectivity index (χ1) is 10.2. The second kappa shape index (κ2) is 5.36. The molecule has 5 heteroatoms. The molecule has 4 nitrogen and oxygen atoms in total. The van der Waals surface area contributed by atoms with E-state index in [4.69, 9.17) is 4.74 Å². The summed E-state index contributed by atoms with van der Waals surface area (Å²) in [5.74, 6) is -0.314. The number of rotatable bonds is 1. The Labute approximate surface area is 123 Å². The van der Waals surface area contributed by atoms with Crippen LogP contribution < -0.4 is 4.74 Å². The molecule has 0 atom stereocenters. The van der Waals surface area contributed by atoms with Crippen molar-refractivity contribution in [1.82, 2.24) is 4.90 Å². The fourth-order valence-corrected chi connectivity index (χ4v) is 3.21. The number of para-hydroxylation sites is 1. The Morgan fingerprint density at radius 2 is 2.14 bits per heavy atom. The maximum Gasteiger partial charge on any atom is 0.243 e. The summed E-state index contributed by atoms with van der Waals surface area (Å²) in [4.78, 5) is 14.4. The first-order valence-corrected chi connectivity index (χ1v) is 7.27. The second-order valence-corrected chi connectivity index (χ2v) is 5.70. The summed E-state index contributed by atoms with van der Waals surface area (Å²) in [6.07, 6.45) is 3.06. The Morgan fingerprint density at radius 1 is 1.38 bits per heavy atom. The predicted octanol–water partition coefficient (Wildman–Crippen LogP) is 2.63. The van der Waals surface area contributed by atoms with Crippen LogP contribution in [0.25, 0.3) is 0 Å². The van der Waals surface area contributed by atoms with Gasteiger partial charge in [0.1, 0.15) is 12.0 Å². The summed E-state index contributed by atoms with van der Waals surface area (Å²) in [7, 11) is 0. The molecule has 1 heterocycles. The molecular formula is C16H17FN2O2. The highest BCUT2D eigenvalue weighted by atomic mass is 19.1. The van der Waals surface area contributed by atoms with Crippen LogP contribution in [-0.4, -0.2) is 24.0 Å². The second-order valence-electron chi connectivity index (χ2n) is 5.70. The van der Waals surface area contributed by atoms with E-state index in [2.05, 4.69) is 6.07 Å². The van der Waals surface area contributed by atoms with E-state index in [1.54, 1.807) is 17.0 Å². The first-order valence-electron chi connectivity index (χ1n) is 7.27. The Bertz CT molecular complexity index is 603. The van der Waals surface area contributed by atoms with Crippen LogP contribution >= 0.6 is 0 Å². The van der Waals surface area contributed by atoms with Gasteiger partial charge in [-0.1, -0.05) is 25.0 Å². The summed E-state index contributed by atoms with van der Waals surface area (Å²) in [6.45, 7) is 0.937. The fraction of sp³-hybridized carbons (Fsp3) is 0.500. The van der Waals surface area contributed by atoms with E-state index in [1.165, 1.54) is 6.07 Å². The number of carbonyl (C=O) groups is 1. The molecule has 0 saturated heterocycles. The van der Waals surface area contributed by atoms with Crippen LogP contribution in [0.1, 0.15) is 31.2 Å². The first kappa shape index (κ1) is 13.9. The van der Waals surface area contributed by atoms with E-state index in [-0.39, 0.29) is 18.3 Å². The third-order valence-electron chi connectivity index (χ3n) is 4.39. The molecule has 3 rings (SSSR count). The van der Waals surface area contributed by atoms with Crippen LogP contribution in [0.15, 0.2) is 18.2 Å². The molecule has 0 unspecified atom stereocenters. The van der Waals surface area contributed by atoms with Gasteiger partial charge in [0.05, 0.1) is 12.6 Å². The number of halogens is 1. The highest BCUT2D eigenvalue weighted by Crippen LogP contribution is 2.40. The van der Waals surface area contributed by atoms with Gasteiger partial charge in [0.25, 0.3) is 0 Å². The van der Waals surface area contributed by atoms with Crippen LogP contribution in [0.4, 0.5) is 4.39 Å². The Balaban J connectivity index is 1.87. The average Bonchev–Trinajstić information content (AvgIpc) is 2.87. The minimum absolute atomic E-state index is 0.136. The minimum Gasteiger partial charge on any atom is -0.488 e. The fourth-order valence-electron chi connectivity index (χ4n) is 3.21. The number of hydrogen-bond donors (Lipinski definition) is 0. The van der Waals surface area contributed by atoms with Crippen molar-refractivity contribution in [2.75, 3.05) is 13.2 Å². The van der Waals surface area contributed by atoms with Crippen LogP contribution in [-0.2, 0) is 11.3 Å². The maximum atomic E-state index is 13.7. The minimum atomic E-state index is -0.891. The number of hydrogen-bond acceptors (Lipinski definition) is 3. The van der Waals surface area contributed by atoms with Crippen molar-refractivity contribution in [2.45, 2.75) is 32.2 Å². The van der Waals surface area contributed by atoms with E-state index in [0.29, 0.717) is 31.5 Å². The third kappa shape index (κ3) is 2.35. The van der Waals surface area contributed by atoms with E-state index in [9.17, 15) is 14.4 Å². The molecule has 1 aliphatic heterocycles. The van der Waals surface area contributed by atoms with Crippen molar-refractivity contribution in [1.29, 1.82) is 5.26 Å². The monoisotopic (exact) mass is 288 g/mol. The van der Waals surface area contributed by atoms with Crippen molar-refractivity contribution < 1.29 is 13.9 Å². The number of benzene rings is 1. The smallest absolute Gasteiger partial charge is 0.243 e. The molecule has 1 aromatic carbocycles. The Hall–Kier alpha value is -2.09. The topological polar surface area (TPSA) is 53.3 Å². The Kier molecular flexibility index (Phi) is 3.54. The summed E-state index contributed by atoms with van der Waals surface area (Å²) in [6, 6.07) is 6.95. The highest BCUT2D eigenvalue weighted by molar-refractivity contribution is 5.86. The van der Waals surface area contributed by atoms with Gasteiger partial charge in [0.15, 0.2) is 11.6 Å². The predicted molar refractivity (Wildman–Crippen MR) is 73.8 cm³/mol. The van der Waals surface area contributed by atoms with Crippen molar-refractivity contribution >= 4 is 5.91 Å². The summed E-state index contributed by atoms with van der Waals surface area (Å²) in [5, 5.41) is 9.44. The lowest BCUT2D eigenvalue weighted by Crippen LogP contribution is -2.42. The molecule has 1 aromatic rings. The van der Waals surface area contributed by atoms with Crippen molar-refractivity contribution in [3.63, 3.8) is 0 Å². The molecule has 110 valence electrons. The van der Waals surface area contributed by atoms with Crippen LogP contribution in [0, 0.1) is 22.6 Å². The van der Waals surface area contributed by atoms with Crippen LogP contribution in [0.3, 0.4) is 0 Å². The molecule has 0 radical (unpaired) electrons. The zero-order chi connectivity index (χ0) is 14.9.